The molecule has 1 aromatic carbocycles. The Kier molecular flexibility index (Phi) is 10.3. The van der Waals surface area contributed by atoms with Crippen LogP contribution in [0.3, 0.4) is 0 Å². The predicted molar refractivity (Wildman–Crippen MR) is 101 cm³/mol. The largest absolute Gasteiger partial charge is 0.496 e. The van der Waals surface area contributed by atoms with Crippen molar-refractivity contribution in [3.63, 3.8) is 0 Å². The molecule has 1 unspecified atom stereocenters. The minimum absolute atomic E-state index is 0. The third kappa shape index (κ3) is 7.59. The molecule has 192 valence electrons. The second-order valence-corrected chi connectivity index (χ2v) is 7.35. The molecule has 1 aliphatic rings. The number of halogens is 6. The zero-order chi connectivity index (χ0) is 24.9. The fraction of sp³-hybridized carbons (Fsp3) is 0.438. The Morgan fingerprint density at radius 2 is 1.76 bits per heavy atom. The Bertz CT molecular complexity index is 1080. The third-order valence-electron chi connectivity index (χ3n) is 4.43. The molecule has 2 heterocycles. The first kappa shape index (κ1) is 29.2. The molecule has 18 heteroatoms. The standard InChI is InChI=1S/C16H15F6N5O.HO4P.H2O.H2/c17-10-6-12(19)11(18)4-8(10)3-9(23)5-14(28)26-1-2-27-13(7-26)24-25-15(27)16(20,21)22;1-4-5(2)3;;/h4,6,9H,1-3,5,7,23H2;1H;1H2;1H. The van der Waals surface area contributed by atoms with Crippen LogP contribution >= 0.6 is 7.91 Å². The average Bonchev–Trinajstić information content (AvgIpc) is 3.16. The van der Waals surface area contributed by atoms with Gasteiger partial charge in [0, 0.05) is 33.0 Å². The van der Waals surface area contributed by atoms with Gasteiger partial charge in [0.15, 0.2) is 17.5 Å². The van der Waals surface area contributed by atoms with Gasteiger partial charge in [0.2, 0.25) is 11.7 Å². The van der Waals surface area contributed by atoms with Crippen LogP contribution in [0.5, 0.6) is 0 Å². The van der Waals surface area contributed by atoms with Crippen molar-refractivity contribution in [2.75, 3.05) is 6.54 Å². The normalized spacial score (nSPS) is 13.8. The quantitative estimate of drug-likeness (QED) is 0.197. The van der Waals surface area contributed by atoms with Crippen LogP contribution in [-0.2, 0) is 44.3 Å². The number of fused-ring (bicyclic) bond motifs is 1. The molecule has 0 saturated carbocycles. The lowest BCUT2D eigenvalue weighted by Gasteiger charge is -2.29. The molecule has 5 N–H and O–H groups in total. The van der Waals surface area contributed by atoms with Gasteiger partial charge in [-0.15, -0.1) is 14.9 Å². The van der Waals surface area contributed by atoms with Crippen molar-refractivity contribution in [2.24, 2.45) is 5.73 Å². The molecule has 1 atom stereocenters. The van der Waals surface area contributed by atoms with E-state index in [1.165, 1.54) is 4.90 Å². The van der Waals surface area contributed by atoms with Gasteiger partial charge in [-0.2, -0.15) is 13.2 Å². The van der Waals surface area contributed by atoms with Crippen LogP contribution in [0, 0.1) is 17.5 Å². The van der Waals surface area contributed by atoms with E-state index in [1.807, 2.05) is 0 Å². The predicted octanol–water partition coefficient (Wildman–Crippen LogP) is 2.00. The van der Waals surface area contributed by atoms with E-state index in [-0.39, 0.29) is 50.8 Å². The number of alkyl halides is 3. The summed E-state index contributed by atoms with van der Waals surface area (Å²) in [4.78, 5) is 13.6. The molecule has 0 aliphatic carbocycles. The number of rotatable bonds is 5. The summed E-state index contributed by atoms with van der Waals surface area (Å²) in [6.07, 6.45) is -5.11. The molecule has 2 aromatic rings. The molecule has 11 nitrogen and oxygen atoms in total. The summed E-state index contributed by atoms with van der Waals surface area (Å²) < 4.78 is 99.8. The van der Waals surface area contributed by atoms with E-state index in [9.17, 15) is 31.1 Å². The van der Waals surface area contributed by atoms with E-state index in [2.05, 4.69) is 14.9 Å². The Morgan fingerprint density at radius 1 is 1.18 bits per heavy atom. The van der Waals surface area contributed by atoms with Crippen LogP contribution in [0.4, 0.5) is 26.3 Å². The highest BCUT2D eigenvalue weighted by Crippen LogP contribution is 2.29. The number of carbonyl (C=O) groups excluding carboxylic acids is 1. The molecular formula is C16H20F6N5O6P. The smallest absolute Gasteiger partial charge is 0.412 e. The first-order valence-corrected chi connectivity index (χ1v) is 10.0. The summed E-state index contributed by atoms with van der Waals surface area (Å²) >= 11 is 0. The minimum atomic E-state index is -4.64. The summed E-state index contributed by atoms with van der Waals surface area (Å²) in [6.45, 7) is -0.302. The Labute approximate surface area is 188 Å². The van der Waals surface area contributed by atoms with Gasteiger partial charge in [-0.1, -0.05) is 0 Å². The van der Waals surface area contributed by atoms with Gasteiger partial charge in [-0.3, -0.25) is 4.79 Å². The van der Waals surface area contributed by atoms with Gasteiger partial charge in [0.05, 0.1) is 6.54 Å². The molecule has 1 aromatic heterocycles. The van der Waals surface area contributed by atoms with Gasteiger partial charge in [-0.05, 0) is 18.1 Å². The van der Waals surface area contributed by atoms with Crippen LogP contribution in [-0.4, -0.2) is 48.9 Å². The maximum Gasteiger partial charge on any atom is 0.496 e. The summed E-state index contributed by atoms with van der Waals surface area (Å²) in [5.41, 5.74) is 5.64. The summed E-state index contributed by atoms with van der Waals surface area (Å²) in [5.74, 6) is -5.15. The number of hydrogen-bond acceptors (Lipinski definition) is 8. The van der Waals surface area contributed by atoms with Crippen LogP contribution in [0.25, 0.3) is 0 Å². The average molecular weight is 523 g/mol. The van der Waals surface area contributed by atoms with Crippen molar-refractivity contribution >= 4 is 13.8 Å². The van der Waals surface area contributed by atoms with Gasteiger partial charge < -0.3 is 20.7 Å². The molecule has 0 bridgehead atoms. The van der Waals surface area contributed by atoms with Crippen LogP contribution < -0.4 is 5.73 Å². The van der Waals surface area contributed by atoms with Crippen molar-refractivity contribution in [1.82, 2.24) is 19.7 Å². The second-order valence-electron chi connectivity index (χ2n) is 6.74. The van der Waals surface area contributed by atoms with Crippen LogP contribution in [0.2, 0.25) is 0 Å². The second kappa shape index (κ2) is 12.0. The molecular weight excluding hydrogens is 503 g/mol. The lowest BCUT2D eigenvalue weighted by Crippen LogP contribution is -2.42. The van der Waals surface area contributed by atoms with Gasteiger partial charge in [0.25, 0.3) is 0 Å². The molecule has 34 heavy (non-hydrogen) atoms. The van der Waals surface area contributed by atoms with Crippen LogP contribution in [0.1, 0.15) is 25.1 Å². The third-order valence-corrected chi connectivity index (χ3v) is 4.57. The number of amides is 1. The van der Waals surface area contributed by atoms with E-state index in [0.29, 0.717) is 12.1 Å². The SMILES string of the molecule is NC(CC(=O)N1CCn2c(nnc2C(F)(F)F)C1)Cc1cc(F)c(F)cc1F.O.O=P(=O)OO.[HH]. The molecule has 1 amide bonds. The highest BCUT2D eigenvalue weighted by Gasteiger charge is 2.40. The summed E-state index contributed by atoms with van der Waals surface area (Å²) in [6, 6.07) is 0.184. The van der Waals surface area contributed by atoms with Crippen LogP contribution in [0.15, 0.2) is 12.1 Å². The monoisotopic (exact) mass is 523 g/mol. The molecule has 1 aliphatic heterocycles. The molecule has 0 spiro atoms. The van der Waals surface area contributed by atoms with E-state index < -0.39 is 49.3 Å². The summed E-state index contributed by atoms with van der Waals surface area (Å²) in [7, 11) is -3.04. The lowest BCUT2D eigenvalue weighted by atomic mass is 10.0. The van der Waals surface area contributed by atoms with Crippen molar-refractivity contribution in [2.45, 2.75) is 38.1 Å². The van der Waals surface area contributed by atoms with Gasteiger partial charge in [0.1, 0.15) is 5.82 Å². The lowest BCUT2D eigenvalue weighted by molar-refractivity contribution is -0.148. The maximum atomic E-state index is 13.7. The van der Waals surface area contributed by atoms with E-state index in [4.69, 9.17) is 20.1 Å². The zero-order valence-electron chi connectivity index (χ0n) is 16.9. The van der Waals surface area contributed by atoms with E-state index in [1.54, 1.807) is 0 Å². The Hall–Kier alpha value is -2.85. The molecule has 3 rings (SSSR count). The number of nitrogens with zero attached hydrogens (tertiary/aromatic N) is 4. The fourth-order valence-corrected chi connectivity index (χ4v) is 3.01. The summed E-state index contributed by atoms with van der Waals surface area (Å²) in [5, 5.41) is 13.6. The van der Waals surface area contributed by atoms with Crippen molar-refractivity contribution in [3.05, 3.63) is 46.8 Å². The van der Waals surface area contributed by atoms with Crippen molar-refractivity contribution in [1.29, 1.82) is 0 Å². The first-order chi connectivity index (χ1) is 15.3. The van der Waals surface area contributed by atoms with E-state index >= 15 is 0 Å². The van der Waals surface area contributed by atoms with Crippen molar-refractivity contribution in [3.8, 4) is 0 Å². The molecule has 0 radical (unpaired) electrons. The first-order valence-electron chi connectivity index (χ1n) is 8.95. The number of nitrogens with two attached hydrogens (primary N) is 1. The number of aromatic nitrogens is 3. The highest BCUT2D eigenvalue weighted by atomic mass is 31.1. The fourth-order valence-electron chi connectivity index (χ4n) is 3.01. The number of hydrogen-bond donors (Lipinski definition) is 2. The van der Waals surface area contributed by atoms with Gasteiger partial charge in [-0.25, -0.2) is 27.6 Å². The number of benzene rings is 1. The van der Waals surface area contributed by atoms with Crippen molar-refractivity contribution < 1.29 is 57.1 Å². The molecule has 0 fully saturated rings. The highest BCUT2D eigenvalue weighted by molar-refractivity contribution is 7.24. The Morgan fingerprint density at radius 3 is 2.32 bits per heavy atom. The number of carbonyl (C=O) groups is 1. The topological polar surface area (TPSA) is 172 Å². The maximum absolute atomic E-state index is 13.7. The zero-order valence-corrected chi connectivity index (χ0v) is 17.8. The van der Waals surface area contributed by atoms with E-state index in [0.717, 1.165) is 4.57 Å². The minimum Gasteiger partial charge on any atom is -0.412 e. The molecule has 0 saturated heterocycles. The Balaban J connectivity index is 0.00000150. The van der Waals surface area contributed by atoms with Gasteiger partial charge >= 0.3 is 14.1 Å².